The number of aromatic nitrogens is 1. The van der Waals surface area contributed by atoms with Crippen molar-refractivity contribution in [2.24, 2.45) is 0 Å². The van der Waals surface area contributed by atoms with Crippen molar-refractivity contribution in [2.75, 3.05) is 4.90 Å². The van der Waals surface area contributed by atoms with Crippen LogP contribution in [-0.2, 0) is 14.0 Å². The number of hydrogen-bond acceptors (Lipinski definition) is 6. The van der Waals surface area contributed by atoms with E-state index in [2.05, 4.69) is 4.98 Å². The molecule has 0 atom stereocenters. The second-order valence-corrected chi connectivity index (χ2v) is 9.61. The lowest BCUT2D eigenvalue weighted by Crippen LogP contribution is -2.47. The summed E-state index contributed by atoms with van der Waals surface area (Å²) < 4.78 is 18.4. The van der Waals surface area contributed by atoms with E-state index in [9.17, 15) is 4.79 Å². The van der Waals surface area contributed by atoms with Crippen LogP contribution in [0.15, 0.2) is 6.20 Å². The summed E-state index contributed by atoms with van der Waals surface area (Å²) in [5.74, 6) is 0. The molecule has 2 heterocycles. The van der Waals surface area contributed by atoms with E-state index in [0.29, 0.717) is 5.13 Å². The molecule has 1 fully saturated rings. The minimum atomic E-state index is -0.487. The smallest absolute Gasteiger partial charge is 0.446 e. The summed E-state index contributed by atoms with van der Waals surface area (Å²) in [4.78, 5) is 18.6. The lowest BCUT2D eigenvalue weighted by Gasteiger charge is -2.33. The Balaban J connectivity index is 2.28. The molecule has 1 aromatic heterocycles. The zero-order valence-corrected chi connectivity index (χ0v) is 17.5. The molecule has 140 valence electrons. The average molecular weight is 368 g/mol. The summed E-state index contributed by atoms with van der Waals surface area (Å²) in [6, 6.07) is 0. The van der Waals surface area contributed by atoms with Gasteiger partial charge < -0.3 is 14.0 Å². The third-order valence-electron chi connectivity index (χ3n) is 4.38. The van der Waals surface area contributed by atoms with Gasteiger partial charge >= 0.3 is 13.2 Å². The number of ether oxygens (including phenoxy) is 1. The van der Waals surface area contributed by atoms with Crippen LogP contribution in [0.4, 0.5) is 9.93 Å². The first kappa shape index (κ1) is 20.2. The van der Waals surface area contributed by atoms with Crippen molar-refractivity contribution in [1.29, 1.82) is 0 Å². The lowest BCUT2D eigenvalue weighted by molar-refractivity contribution is 0.00578. The van der Waals surface area contributed by atoms with E-state index < -0.39 is 30.0 Å². The molecule has 6 nitrogen and oxygen atoms in total. The molecule has 0 aliphatic carbocycles. The molecule has 0 spiro atoms. The van der Waals surface area contributed by atoms with Crippen LogP contribution in [0.2, 0.25) is 0 Å². The first-order valence-corrected chi connectivity index (χ1v) is 9.38. The van der Waals surface area contributed by atoms with Crippen LogP contribution in [-0.4, -0.2) is 41.0 Å². The summed E-state index contributed by atoms with van der Waals surface area (Å²) >= 11 is 1.39. The SMILES string of the molecule is CC(C)OC(=O)N(c1ncc(B2OC(C)(C)C(C)(C)O2)s1)C(C)(C)C. The summed E-state index contributed by atoms with van der Waals surface area (Å²) in [6.07, 6.45) is 1.11. The number of hydrogen-bond donors (Lipinski definition) is 0. The van der Waals surface area contributed by atoms with E-state index in [0.717, 1.165) is 4.78 Å². The van der Waals surface area contributed by atoms with Gasteiger partial charge in [0, 0.05) is 11.7 Å². The topological polar surface area (TPSA) is 60.9 Å². The maximum Gasteiger partial charge on any atom is 0.507 e. The highest BCUT2D eigenvalue weighted by molar-refractivity contribution is 7.25. The van der Waals surface area contributed by atoms with Gasteiger partial charge in [-0.15, -0.1) is 11.3 Å². The Labute approximate surface area is 155 Å². The molecule has 25 heavy (non-hydrogen) atoms. The van der Waals surface area contributed by atoms with Crippen LogP contribution in [0.1, 0.15) is 62.3 Å². The van der Waals surface area contributed by atoms with Crippen molar-refractivity contribution in [3.63, 3.8) is 0 Å². The molecule has 0 aromatic carbocycles. The predicted molar refractivity (Wildman–Crippen MR) is 102 cm³/mol. The molecule has 1 amide bonds. The number of carbonyl (C=O) groups is 1. The van der Waals surface area contributed by atoms with Crippen LogP contribution in [0.25, 0.3) is 0 Å². The van der Waals surface area contributed by atoms with Crippen LogP contribution in [0, 0.1) is 0 Å². The van der Waals surface area contributed by atoms with Gasteiger partial charge in [-0.1, -0.05) is 0 Å². The molecule has 8 heteroatoms. The van der Waals surface area contributed by atoms with Crippen molar-refractivity contribution in [3.05, 3.63) is 6.20 Å². The zero-order valence-electron chi connectivity index (χ0n) is 16.7. The predicted octanol–water partition coefficient (Wildman–Crippen LogP) is 3.59. The highest BCUT2D eigenvalue weighted by Gasteiger charge is 2.52. The highest BCUT2D eigenvalue weighted by Crippen LogP contribution is 2.37. The van der Waals surface area contributed by atoms with E-state index in [-0.39, 0.29) is 6.10 Å². The van der Waals surface area contributed by atoms with Crippen LogP contribution >= 0.6 is 11.3 Å². The lowest BCUT2D eigenvalue weighted by atomic mass is 9.89. The number of anilines is 1. The zero-order chi connectivity index (χ0) is 19.2. The Morgan fingerprint density at radius 1 is 1.24 bits per heavy atom. The fourth-order valence-corrected chi connectivity index (χ4v) is 3.40. The second-order valence-electron chi connectivity index (χ2n) is 8.57. The largest absolute Gasteiger partial charge is 0.507 e. The van der Waals surface area contributed by atoms with Crippen LogP contribution < -0.4 is 9.68 Å². The van der Waals surface area contributed by atoms with Crippen molar-refractivity contribution in [2.45, 2.75) is 85.2 Å². The molecule has 0 bridgehead atoms. The Morgan fingerprint density at radius 2 is 1.76 bits per heavy atom. The van der Waals surface area contributed by atoms with Gasteiger partial charge in [-0.3, -0.25) is 0 Å². The molecule has 0 radical (unpaired) electrons. The van der Waals surface area contributed by atoms with Gasteiger partial charge in [0.15, 0.2) is 5.13 Å². The molecule has 0 unspecified atom stereocenters. The normalized spacial score (nSPS) is 19.4. The Kier molecular flexibility index (Phi) is 5.30. The highest BCUT2D eigenvalue weighted by atomic mass is 32.1. The Bertz CT molecular complexity index is 621. The van der Waals surface area contributed by atoms with E-state index in [4.69, 9.17) is 14.0 Å². The first-order valence-electron chi connectivity index (χ1n) is 8.57. The minimum Gasteiger partial charge on any atom is -0.446 e. The summed E-state index contributed by atoms with van der Waals surface area (Å²) in [5.41, 5.74) is -1.29. The quantitative estimate of drug-likeness (QED) is 0.763. The Hall–Kier alpha value is -1.12. The van der Waals surface area contributed by atoms with Crippen molar-refractivity contribution in [3.8, 4) is 0 Å². The van der Waals surface area contributed by atoms with E-state index in [1.54, 1.807) is 11.1 Å². The third-order valence-corrected chi connectivity index (χ3v) is 5.38. The van der Waals surface area contributed by atoms with Gasteiger partial charge in [0.2, 0.25) is 0 Å². The molecule has 0 N–H and O–H groups in total. The van der Waals surface area contributed by atoms with Gasteiger partial charge in [0.25, 0.3) is 0 Å². The van der Waals surface area contributed by atoms with E-state index in [1.807, 2.05) is 62.3 Å². The fourth-order valence-electron chi connectivity index (χ4n) is 2.34. The molecule has 1 aliphatic heterocycles. The molecule has 0 saturated carbocycles. The maximum atomic E-state index is 12.5. The maximum absolute atomic E-state index is 12.5. The Morgan fingerprint density at radius 3 is 2.20 bits per heavy atom. The van der Waals surface area contributed by atoms with E-state index in [1.165, 1.54) is 11.3 Å². The summed E-state index contributed by atoms with van der Waals surface area (Å²) in [7, 11) is -0.487. The van der Waals surface area contributed by atoms with Gasteiger partial charge in [-0.25, -0.2) is 14.7 Å². The summed E-state index contributed by atoms with van der Waals surface area (Å²) in [6.45, 7) is 17.5. The average Bonchev–Trinajstić information content (AvgIpc) is 2.90. The molecule has 2 rings (SSSR count). The monoisotopic (exact) mass is 368 g/mol. The molecule has 1 aliphatic rings. The summed E-state index contributed by atoms with van der Waals surface area (Å²) in [5, 5.41) is 0.572. The molecule has 1 saturated heterocycles. The number of carbonyl (C=O) groups excluding carboxylic acids is 1. The van der Waals surface area contributed by atoms with Crippen molar-refractivity contribution in [1.82, 2.24) is 4.98 Å². The van der Waals surface area contributed by atoms with Crippen molar-refractivity contribution >= 4 is 34.5 Å². The van der Waals surface area contributed by atoms with Crippen LogP contribution in [0.5, 0.6) is 0 Å². The van der Waals surface area contributed by atoms with Gasteiger partial charge in [0.1, 0.15) is 0 Å². The number of rotatable bonds is 3. The number of nitrogens with zero attached hydrogens (tertiary/aromatic N) is 2. The number of thiazole rings is 1. The first-order chi connectivity index (χ1) is 11.2. The second kappa shape index (κ2) is 6.56. The van der Waals surface area contributed by atoms with Gasteiger partial charge in [-0.2, -0.15) is 0 Å². The van der Waals surface area contributed by atoms with E-state index >= 15 is 0 Å². The minimum absolute atomic E-state index is 0.195. The van der Waals surface area contributed by atoms with Gasteiger partial charge in [0.05, 0.1) is 22.1 Å². The van der Waals surface area contributed by atoms with Crippen molar-refractivity contribution < 1.29 is 18.8 Å². The fraction of sp³-hybridized carbons (Fsp3) is 0.765. The van der Waals surface area contributed by atoms with Gasteiger partial charge in [-0.05, 0) is 62.3 Å². The number of amides is 1. The molecular formula is C17H29BN2O4S. The van der Waals surface area contributed by atoms with Crippen LogP contribution in [0.3, 0.4) is 0 Å². The molecular weight excluding hydrogens is 339 g/mol. The standard InChI is InChI=1S/C17H29BN2O4S/c1-11(2)22-14(21)20(15(3,4)5)13-19-10-12(25-13)18-23-16(6,7)17(8,9)24-18/h10-11H,1-9H3. The molecule has 1 aromatic rings. The third kappa shape index (κ3) is 4.18.